The third-order valence-electron chi connectivity index (χ3n) is 1.85. The number of hydrogen-bond donors (Lipinski definition) is 3. The highest BCUT2D eigenvalue weighted by Gasteiger charge is 2.07. The summed E-state index contributed by atoms with van der Waals surface area (Å²) in [5, 5.41) is 14.9. The maximum absolute atomic E-state index is 11.3. The van der Waals surface area contributed by atoms with Gasteiger partial charge >= 0.3 is 0 Å². The Balaban J connectivity index is 3.50. The lowest BCUT2D eigenvalue weighted by atomic mass is 10.3. The predicted octanol–water partition coefficient (Wildman–Crippen LogP) is -1.27. The van der Waals surface area contributed by atoms with Crippen LogP contribution in [-0.4, -0.2) is 63.7 Å². The highest BCUT2D eigenvalue weighted by molar-refractivity contribution is 5.78. The Morgan fingerprint density at radius 2 is 1.94 bits per heavy atom. The molecule has 0 aliphatic heterocycles. The van der Waals surface area contributed by atoms with E-state index in [1.54, 1.807) is 7.11 Å². The number of amides is 1. The number of carbonyl (C=O) groups excluding carboxylic acids is 1. The number of aliphatic hydroxyl groups excluding tert-OH is 1. The molecule has 16 heavy (non-hydrogen) atoms. The summed E-state index contributed by atoms with van der Waals surface area (Å²) in [7, 11) is 3.10. The fraction of sp³-hybridized carbons (Fsp3) is 0.900. The molecule has 0 heterocycles. The molecule has 1 amide bonds. The van der Waals surface area contributed by atoms with Gasteiger partial charge in [0.1, 0.15) is 0 Å². The first-order chi connectivity index (χ1) is 7.60. The van der Waals surface area contributed by atoms with Gasteiger partial charge in [-0.05, 0) is 6.92 Å². The highest BCUT2D eigenvalue weighted by atomic mass is 16.5. The Hall–Kier alpha value is -0.690. The van der Waals surface area contributed by atoms with Crippen molar-refractivity contribution in [3.05, 3.63) is 0 Å². The third-order valence-corrected chi connectivity index (χ3v) is 1.85. The van der Waals surface area contributed by atoms with E-state index in [0.29, 0.717) is 13.2 Å². The molecule has 0 rings (SSSR count). The van der Waals surface area contributed by atoms with Gasteiger partial charge < -0.3 is 25.2 Å². The zero-order valence-corrected chi connectivity index (χ0v) is 10.2. The van der Waals surface area contributed by atoms with Gasteiger partial charge in [0.25, 0.3) is 0 Å². The molecule has 6 nitrogen and oxygen atoms in total. The van der Waals surface area contributed by atoms with Crippen molar-refractivity contribution < 1.29 is 19.4 Å². The number of methoxy groups -OCH3 is 2. The topological polar surface area (TPSA) is 79.8 Å². The maximum atomic E-state index is 11.3. The first kappa shape index (κ1) is 15.3. The summed E-state index contributed by atoms with van der Waals surface area (Å²) in [6.07, 6.45) is -0.589. The van der Waals surface area contributed by atoms with Crippen LogP contribution in [0.25, 0.3) is 0 Å². The standard InChI is InChI=1S/C10H22N2O4/c1-8(6-15-2)12-10(14)5-11-4-9(13)7-16-3/h8-9,11,13H,4-7H2,1-3H3,(H,12,14). The van der Waals surface area contributed by atoms with Crippen LogP contribution in [0, 0.1) is 0 Å². The second kappa shape index (κ2) is 9.53. The quantitative estimate of drug-likeness (QED) is 0.464. The van der Waals surface area contributed by atoms with Crippen molar-refractivity contribution in [1.29, 1.82) is 0 Å². The minimum Gasteiger partial charge on any atom is -0.389 e. The van der Waals surface area contributed by atoms with Gasteiger partial charge in [-0.3, -0.25) is 4.79 Å². The summed E-state index contributed by atoms with van der Waals surface area (Å²) in [4.78, 5) is 11.3. The van der Waals surface area contributed by atoms with Gasteiger partial charge in [0, 0.05) is 26.8 Å². The van der Waals surface area contributed by atoms with Crippen LogP contribution in [0.2, 0.25) is 0 Å². The monoisotopic (exact) mass is 234 g/mol. The maximum Gasteiger partial charge on any atom is 0.234 e. The summed E-state index contributed by atoms with van der Waals surface area (Å²) >= 11 is 0. The summed E-state index contributed by atoms with van der Waals surface area (Å²) in [5.41, 5.74) is 0. The van der Waals surface area contributed by atoms with Crippen LogP contribution in [-0.2, 0) is 14.3 Å². The third kappa shape index (κ3) is 8.60. The van der Waals surface area contributed by atoms with E-state index < -0.39 is 6.10 Å². The molecule has 96 valence electrons. The second-order valence-electron chi connectivity index (χ2n) is 3.66. The molecule has 0 aromatic rings. The Bertz CT molecular complexity index is 190. The largest absolute Gasteiger partial charge is 0.389 e. The van der Waals surface area contributed by atoms with E-state index in [1.807, 2.05) is 6.92 Å². The second-order valence-corrected chi connectivity index (χ2v) is 3.66. The molecule has 0 aromatic heterocycles. The van der Waals surface area contributed by atoms with Crippen LogP contribution in [0.4, 0.5) is 0 Å². The van der Waals surface area contributed by atoms with E-state index >= 15 is 0 Å². The van der Waals surface area contributed by atoms with E-state index in [2.05, 4.69) is 10.6 Å². The number of ether oxygens (including phenoxy) is 2. The minimum atomic E-state index is -0.589. The first-order valence-corrected chi connectivity index (χ1v) is 5.26. The van der Waals surface area contributed by atoms with Gasteiger partial charge in [0.2, 0.25) is 5.91 Å². The lowest BCUT2D eigenvalue weighted by Gasteiger charge is -2.14. The van der Waals surface area contributed by atoms with Crippen LogP contribution in [0.5, 0.6) is 0 Å². The SMILES string of the molecule is COCC(O)CNCC(=O)NC(C)COC. The Kier molecular flexibility index (Phi) is 9.12. The van der Waals surface area contributed by atoms with Crippen LogP contribution in [0.1, 0.15) is 6.92 Å². The van der Waals surface area contributed by atoms with Crippen LogP contribution in [0.15, 0.2) is 0 Å². The molecule has 0 radical (unpaired) electrons. The normalized spacial score (nSPS) is 14.5. The Labute approximate surface area is 96.3 Å². The van der Waals surface area contributed by atoms with Gasteiger partial charge in [0.15, 0.2) is 0 Å². The van der Waals surface area contributed by atoms with E-state index in [-0.39, 0.29) is 25.1 Å². The molecule has 0 aliphatic rings. The molecule has 2 atom stereocenters. The molecule has 2 unspecified atom stereocenters. The predicted molar refractivity (Wildman–Crippen MR) is 60.2 cm³/mol. The molecule has 0 bridgehead atoms. The zero-order valence-electron chi connectivity index (χ0n) is 10.2. The summed E-state index contributed by atoms with van der Waals surface area (Å²) in [6, 6.07) is -0.0109. The number of hydrogen-bond acceptors (Lipinski definition) is 5. The van der Waals surface area contributed by atoms with Gasteiger partial charge in [0.05, 0.1) is 25.9 Å². The van der Waals surface area contributed by atoms with E-state index in [9.17, 15) is 9.90 Å². The van der Waals surface area contributed by atoms with Crippen LogP contribution in [0.3, 0.4) is 0 Å². The summed E-state index contributed by atoms with van der Waals surface area (Å²) < 4.78 is 9.64. The average Bonchev–Trinajstić information content (AvgIpc) is 2.18. The van der Waals surface area contributed by atoms with Crippen molar-refractivity contribution in [3.63, 3.8) is 0 Å². The molecular formula is C10H22N2O4. The fourth-order valence-corrected chi connectivity index (χ4v) is 1.22. The minimum absolute atomic E-state index is 0.0109. The lowest BCUT2D eigenvalue weighted by molar-refractivity contribution is -0.121. The van der Waals surface area contributed by atoms with Crippen molar-refractivity contribution in [1.82, 2.24) is 10.6 Å². The van der Waals surface area contributed by atoms with Crippen molar-refractivity contribution in [2.75, 3.05) is 40.5 Å². The molecule has 0 aliphatic carbocycles. The fourth-order valence-electron chi connectivity index (χ4n) is 1.22. The van der Waals surface area contributed by atoms with Gasteiger partial charge in [-0.25, -0.2) is 0 Å². The van der Waals surface area contributed by atoms with Crippen LogP contribution < -0.4 is 10.6 Å². The molecule has 0 saturated carbocycles. The summed E-state index contributed by atoms with van der Waals surface area (Å²) in [5.74, 6) is -0.117. The van der Waals surface area contributed by atoms with E-state index in [4.69, 9.17) is 9.47 Å². The molecule has 6 heteroatoms. The highest BCUT2D eigenvalue weighted by Crippen LogP contribution is 1.83. The zero-order chi connectivity index (χ0) is 12.4. The Morgan fingerprint density at radius 3 is 2.50 bits per heavy atom. The van der Waals surface area contributed by atoms with Crippen molar-refractivity contribution in [2.24, 2.45) is 0 Å². The molecule has 0 aromatic carbocycles. The van der Waals surface area contributed by atoms with Crippen LogP contribution >= 0.6 is 0 Å². The number of aliphatic hydroxyl groups is 1. The van der Waals surface area contributed by atoms with Gasteiger partial charge in [-0.1, -0.05) is 0 Å². The van der Waals surface area contributed by atoms with Crippen molar-refractivity contribution >= 4 is 5.91 Å². The van der Waals surface area contributed by atoms with E-state index in [0.717, 1.165) is 0 Å². The molecule has 3 N–H and O–H groups in total. The first-order valence-electron chi connectivity index (χ1n) is 5.26. The van der Waals surface area contributed by atoms with Gasteiger partial charge in [-0.15, -0.1) is 0 Å². The van der Waals surface area contributed by atoms with Gasteiger partial charge in [-0.2, -0.15) is 0 Å². The smallest absolute Gasteiger partial charge is 0.234 e. The molecule has 0 fully saturated rings. The Morgan fingerprint density at radius 1 is 1.31 bits per heavy atom. The van der Waals surface area contributed by atoms with E-state index in [1.165, 1.54) is 7.11 Å². The number of nitrogens with one attached hydrogen (secondary N) is 2. The van der Waals surface area contributed by atoms with Crippen molar-refractivity contribution in [3.8, 4) is 0 Å². The van der Waals surface area contributed by atoms with Crippen molar-refractivity contribution in [2.45, 2.75) is 19.1 Å². The average molecular weight is 234 g/mol. The summed E-state index contributed by atoms with van der Waals surface area (Å²) in [6.45, 7) is 3.11. The molecule has 0 saturated heterocycles. The molecule has 0 spiro atoms. The molecular weight excluding hydrogens is 212 g/mol. The number of carbonyl (C=O) groups is 1. The lowest BCUT2D eigenvalue weighted by Crippen LogP contribution is -2.42. The number of rotatable bonds is 9.